The van der Waals surface area contributed by atoms with Crippen molar-refractivity contribution >= 4 is 39.0 Å². The molecule has 0 bridgehead atoms. The number of thiazole rings is 1. The maximum absolute atomic E-state index is 13.2. The van der Waals surface area contributed by atoms with Crippen molar-refractivity contribution in [1.29, 1.82) is 0 Å². The van der Waals surface area contributed by atoms with E-state index in [1.165, 1.54) is 12.1 Å². The minimum Gasteiger partial charge on any atom is -0.308 e. The van der Waals surface area contributed by atoms with Gasteiger partial charge < -0.3 is 10.6 Å². The van der Waals surface area contributed by atoms with Crippen molar-refractivity contribution in [3.05, 3.63) is 78.1 Å². The summed E-state index contributed by atoms with van der Waals surface area (Å²) < 4.78 is 14.4. The topological polar surface area (TPSA) is 54.0 Å². The summed E-state index contributed by atoms with van der Waals surface area (Å²) in [7, 11) is 0. The fourth-order valence-electron chi connectivity index (χ4n) is 2.78. The SMILES string of the molecule is Cc1cc(-c2nc3ccccc3s2)ccc1NC(=O)Nc1cccc(F)c1. The summed E-state index contributed by atoms with van der Waals surface area (Å²) in [6.45, 7) is 1.93. The van der Waals surface area contributed by atoms with Gasteiger partial charge in [-0.05, 0) is 61.0 Å². The van der Waals surface area contributed by atoms with Crippen molar-refractivity contribution in [2.24, 2.45) is 0 Å². The lowest BCUT2D eigenvalue weighted by atomic mass is 10.1. The van der Waals surface area contributed by atoms with E-state index < -0.39 is 11.8 Å². The Balaban J connectivity index is 1.52. The average molecular weight is 377 g/mol. The lowest BCUT2D eigenvalue weighted by Crippen LogP contribution is -2.20. The zero-order valence-corrected chi connectivity index (χ0v) is 15.3. The average Bonchev–Trinajstić information content (AvgIpc) is 3.07. The number of hydrogen-bond donors (Lipinski definition) is 2. The predicted octanol–water partition coefficient (Wildman–Crippen LogP) is 6.05. The highest BCUT2D eigenvalue weighted by atomic mass is 32.1. The van der Waals surface area contributed by atoms with Gasteiger partial charge in [0.25, 0.3) is 0 Å². The first-order valence-electron chi connectivity index (χ1n) is 8.39. The Bertz CT molecular complexity index is 1110. The number of aromatic nitrogens is 1. The van der Waals surface area contributed by atoms with Crippen LogP contribution in [-0.4, -0.2) is 11.0 Å². The molecule has 1 aromatic heterocycles. The zero-order chi connectivity index (χ0) is 18.8. The third kappa shape index (κ3) is 3.80. The van der Waals surface area contributed by atoms with Crippen LogP contribution in [-0.2, 0) is 0 Å². The number of nitrogens with one attached hydrogen (secondary N) is 2. The molecule has 3 aromatic carbocycles. The second-order valence-electron chi connectivity index (χ2n) is 6.11. The summed E-state index contributed by atoms with van der Waals surface area (Å²) in [5.74, 6) is -0.399. The van der Waals surface area contributed by atoms with Crippen molar-refractivity contribution in [3.63, 3.8) is 0 Å². The van der Waals surface area contributed by atoms with Gasteiger partial charge in [-0.25, -0.2) is 14.2 Å². The molecule has 4 nitrogen and oxygen atoms in total. The molecular weight excluding hydrogens is 361 g/mol. The van der Waals surface area contributed by atoms with E-state index in [2.05, 4.69) is 21.7 Å². The number of halogens is 1. The molecule has 134 valence electrons. The summed E-state index contributed by atoms with van der Waals surface area (Å²) >= 11 is 1.64. The van der Waals surface area contributed by atoms with Crippen LogP contribution >= 0.6 is 11.3 Å². The molecule has 6 heteroatoms. The Kier molecular flexibility index (Phi) is 4.56. The Morgan fingerprint density at radius 1 is 1.00 bits per heavy atom. The number of carbonyl (C=O) groups is 1. The molecule has 27 heavy (non-hydrogen) atoms. The largest absolute Gasteiger partial charge is 0.323 e. The summed E-state index contributed by atoms with van der Waals surface area (Å²) in [6.07, 6.45) is 0. The first-order valence-corrected chi connectivity index (χ1v) is 9.20. The molecule has 0 atom stereocenters. The van der Waals surface area contributed by atoms with Crippen LogP contribution in [0.2, 0.25) is 0 Å². The van der Waals surface area contributed by atoms with Gasteiger partial charge in [-0.15, -0.1) is 11.3 Å². The Hall–Kier alpha value is -3.25. The molecule has 4 aromatic rings. The van der Waals surface area contributed by atoms with Gasteiger partial charge >= 0.3 is 6.03 Å². The predicted molar refractivity (Wildman–Crippen MR) is 109 cm³/mol. The van der Waals surface area contributed by atoms with Crippen LogP contribution in [0.5, 0.6) is 0 Å². The summed E-state index contributed by atoms with van der Waals surface area (Å²) in [5.41, 5.74) is 3.99. The number of rotatable bonds is 3. The third-order valence-electron chi connectivity index (χ3n) is 4.10. The molecule has 2 amide bonds. The highest BCUT2D eigenvalue weighted by Crippen LogP contribution is 2.31. The van der Waals surface area contributed by atoms with Gasteiger partial charge in [0.2, 0.25) is 0 Å². The fraction of sp³-hybridized carbons (Fsp3) is 0.0476. The van der Waals surface area contributed by atoms with Crippen LogP contribution in [0, 0.1) is 12.7 Å². The number of amides is 2. The van der Waals surface area contributed by atoms with Gasteiger partial charge in [-0.1, -0.05) is 18.2 Å². The number of hydrogen-bond acceptors (Lipinski definition) is 3. The number of urea groups is 1. The first-order chi connectivity index (χ1) is 13.1. The molecule has 1 heterocycles. The summed E-state index contributed by atoms with van der Waals surface area (Å²) in [5, 5.41) is 6.36. The number of nitrogens with zero attached hydrogens (tertiary/aromatic N) is 1. The van der Waals surface area contributed by atoms with Crippen LogP contribution in [0.3, 0.4) is 0 Å². The second kappa shape index (κ2) is 7.17. The van der Waals surface area contributed by atoms with Crippen LogP contribution < -0.4 is 10.6 Å². The summed E-state index contributed by atoms with van der Waals surface area (Å²) in [6, 6.07) is 19.1. The first kappa shape index (κ1) is 17.2. The Morgan fingerprint density at radius 2 is 1.85 bits per heavy atom. The van der Waals surface area contributed by atoms with Gasteiger partial charge in [0.05, 0.1) is 10.2 Å². The number of carbonyl (C=O) groups excluding carboxylic acids is 1. The Labute approximate surface area is 159 Å². The standard InChI is InChI=1S/C21H16FN3OS/c1-13-11-14(20-24-18-7-2-3-8-19(18)27-20)9-10-17(13)25-21(26)23-16-6-4-5-15(22)12-16/h2-12H,1H3,(H2,23,25,26). The maximum atomic E-state index is 13.2. The monoisotopic (exact) mass is 377 g/mol. The number of para-hydroxylation sites is 1. The Morgan fingerprint density at radius 3 is 2.63 bits per heavy atom. The molecule has 4 rings (SSSR count). The van der Waals surface area contributed by atoms with Crippen LogP contribution in [0.15, 0.2) is 66.7 Å². The fourth-order valence-corrected chi connectivity index (χ4v) is 3.75. The van der Waals surface area contributed by atoms with Gasteiger partial charge in [-0.3, -0.25) is 0 Å². The lowest BCUT2D eigenvalue weighted by molar-refractivity contribution is 0.262. The van der Waals surface area contributed by atoms with E-state index in [1.54, 1.807) is 23.5 Å². The van der Waals surface area contributed by atoms with E-state index >= 15 is 0 Å². The lowest BCUT2D eigenvalue weighted by Gasteiger charge is -2.11. The highest BCUT2D eigenvalue weighted by molar-refractivity contribution is 7.21. The van der Waals surface area contributed by atoms with Gasteiger partial charge in [-0.2, -0.15) is 0 Å². The van der Waals surface area contributed by atoms with E-state index in [1.807, 2.05) is 43.3 Å². The molecule has 0 spiro atoms. The van der Waals surface area contributed by atoms with Crippen LogP contribution in [0.25, 0.3) is 20.8 Å². The van der Waals surface area contributed by atoms with E-state index in [0.29, 0.717) is 11.4 Å². The summed E-state index contributed by atoms with van der Waals surface area (Å²) in [4.78, 5) is 16.8. The number of aryl methyl sites for hydroxylation is 1. The molecule has 0 unspecified atom stereocenters. The minimum atomic E-state index is -0.420. The normalized spacial score (nSPS) is 10.7. The number of anilines is 2. The second-order valence-corrected chi connectivity index (χ2v) is 7.14. The van der Waals surface area contributed by atoms with Crippen molar-refractivity contribution in [2.75, 3.05) is 10.6 Å². The van der Waals surface area contributed by atoms with E-state index in [-0.39, 0.29) is 0 Å². The van der Waals surface area contributed by atoms with Gasteiger partial charge in [0.15, 0.2) is 0 Å². The van der Waals surface area contributed by atoms with E-state index in [9.17, 15) is 9.18 Å². The van der Waals surface area contributed by atoms with Crippen LogP contribution in [0.1, 0.15) is 5.56 Å². The smallest absolute Gasteiger partial charge is 0.308 e. The zero-order valence-electron chi connectivity index (χ0n) is 14.5. The molecule has 0 aliphatic carbocycles. The molecule has 0 aliphatic heterocycles. The van der Waals surface area contributed by atoms with Gasteiger partial charge in [0, 0.05) is 16.9 Å². The molecule has 0 saturated heterocycles. The number of fused-ring (bicyclic) bond motifs is 1. The molecule has 0 fully saturated rings. The quantitative estimate of drug-likeness (QED) is 0.456. The number of benzene rings is 3. The maximum Gasteiger partial charge on any atom is 0.323 e. The molecule has 0 aliphatic rings. The van der Waals surface area contributed by atoms with Crippen molar-refractivity contribution in [1.82, 2.24) is 4.98 Å². The van der Waals surface area contributed by atoms with Crippen molar-refractivity contribution in [2.45, 2.75) is 6.92 Å². The minimum absolute atomic E-state index is 0.399. The van der Waals surface area contributed by atoms with Crippen molar-refractivity contribution < 1.29 is 9.18 Å². The molecule has 2 N–H and O–H groups in total. The molecular formula is C21H16FN3OS. The molecule has 0 radical (unpaired) electrons. The van der Waals surface area contributed by atoms with Crippen LogP contribution in [0.4, 0.5) is 20.6 Å². The van der Waals surface area contributed by atoms with Gasteiger partial charge in [0.1, 0.15) is 10.8 Å². The van der Waals surface area contributed by atoms with Crippen molar-refractivity contribution in [3.8, 4) is 10.6 Å². The van der Waals surface area contributed by atoms with E-state index in [4.69, 9.17) is 0 Å². The molecule has 0 saturated carbocycles. The highest BCUT2D eigenvalue weighted by Gasteiger charge is 2.10. The van der Waals surface area contributed by atoms with E-state index in [0.717, 1.165) is 26.4 Å². The third-order valence-corrected chi connectivity index (χ3v) is 5.18.